The first kappa shape index (κ1) is 16.7. The molecule has 0 aliphatic carbocycles. The number of hydrogen-bond acceptors (Lipinski definition) is 6. The Kier molecular flexibility index (Phi) is 4.79. The van der Waals surface area contributed by atoms with Gasteiger partial charge in [-0.1, -0.05) is 32.0 Å². The molecular formula is C19H21N5O. The average Bonchev–Trinajstić information content (AvgIpc) is 2.61. The Morgan fingerprint density at radius 3 is 2.40 bits per heavy atom. The summed E-state index contributed by atoms with van der Waals surface area (Å²) in [6.45, 7) is 6.27. The van der Waals surface area contributed by atoms with Crippen molar-refractivity contribution in [3.63, 3.8) is 0 Å². The number of nitrogens with zero attached hydrogens (tertiary/aromatic N) is 3. The first-order valence-corrected chi connectivity index (χ1v) is 8.11. The molecule has 0 spiro atoms. The smallest absolute Gasteiger partial charge is 0.248 e. The fourth-order valence-corrected chi connectivity index (χ4v) is 2.26. The van der Waals surface area contributed by atoms with E-state index in [4.69, 9.17) is 10.5 Å². The van der Waals surface area contributed by atoms with Gasteiger partial charge in [-0.2, -0.15) is 4.98 Å². The summed E-state index contributed by atoms with van der Waals surface area (Å²) in [5, 5.41) is 3.08. The summed E-state index contributed by atoms with van der Waals surface area (Å²) in [5.41, 5.74) is 8.80. The summed E-state index contributed by atoms with van der Waals surface area (Å²) in [6.07, 6.45) is 3.18. The number of nitrogens with one attached hydrogen (secondary N) is 1. The van der Waals surface area contributed by atoms with Gasteiger partial charge in [0.25, 0.3) is 0 Å². The summed E-state index contributed by atoms with van der Waals surface area (Å²) in [5.74, 6) is 2.57. The van der Waals surface area contributed by atoms with Gasteiger partial charge in [-0.15, -0.1) is 0 Å². The topological polar surface area (TPSA) is 86.0 Å². The summed E-state index contributed by atoms with van der Waals surface area (Å²) in [6, 6.07) is 11.7. The molecule has 2 aromatic heterocycles. The monoisotopic (exact) mass is 335 g/mol. The normalized spacial score (nSPS) is 10.7. The van der Waals surface area contributed by atoms with Gasteiger partial charge in [0.05, 0.1) is 0 Å². The van der Waals surface area contributed by atoms with Gasteiger partial charge in [-0.05, 0) is 42.2 Å². The molecule has 3 rings (SSSR count). The molecule has 0 atom stereocenters. The maximum Gasteiger partial charge on any atom is 0.248 e. The number of ether oxygens (including phenoxy) is 1. The molecule has 3 aromatic rings. The van der Waals surface area contributed by atoms with E-state index in [1.54, 1.807) is 6.20 Å². The van der Waals surface area contributed by atoms with E-state index in [9.17, 15) is 0 Å². The van der Waals surface area contributed by atoms with Crippen LogP contribution in [0.25, 0.3) is 0 Å². The number of aromatic nitrogens is 3. The Bertz CT molecular complexity index is 845. The van der Waals surface area contributed by atoms with Gasteiger partial charge in [0, 0.05) is 6.20 Å². The number of benzene rings is 1. The van der Waals surface area contributed by atoms with Crippen LogP contribution in [0.5, 0.6) is 11.6 Å². The number of nitrogens with two attached hydrogens (primary N) is 1. The Morgan fingerprint density at radius 2 is 1.76 bits per heavy atom. The standard InChI is InChI=1S/C19H21N5O/c1-12(2)14-5-7-15(8-6-14)25-19-17(20)18(22-11-23-19)24-16-9-4-13(3)10-21-16/h4-12H,20H2,1-3H3,(H,21,22,23,24). The van der Waals surface area contributed by atoms with Crippen molar-refractivity contribution in [2.45, 2.75) is 26.7 Å². The van der Waals surface area contributed by atoms with Crippen LogP contribution >= 0.6 is 0 Å². The maximum atomic E-state index is 6.15. The molecular weight excluding hydrogens is 314 g/mol. The molecule has 0 aliphatic rings. The molecule has 0 unspecified atom stereocenters. The SMILES string of the molecule is Cc1ccc(Nc2ncnc(Oc3ccc(C(C)C)cc3)c2N)nc1. The van der Waals surface area contributed by atoms with E-state index in [0.717, 1.165) is 5.56 Å². The van der Waals surface area contributed by atoms with E-state index in [1.807, 2.05) is 43.3 Å². The summed E-state index contributed by atoms with van der Waals surface area (Å²) in [4.78, 5) is 12.6. The third-order valence-corrected chi connectivity index (χ3v) is 3.77. The quantitative estimate of drug-likeness (QED) is 0.718. The summed E-state index contributed by atoms with van der Waals surface area (Å²) >= 11 is 0. The van der Waals surface area contributed by atoms with Crippen LogP contribution in [0, 0.1) is 6.92 Å². The van der Waals surface area contributed by atoms with E-state index in [2.05, 4.69) is 34.1 Å². The highest BCUT2D eigenvalue weighted by molar-refractivity contribution is 5.71. The molecule has 0 saturated carbocycles. The second kappa shape index (κ2) is 7.17. The highest BCUT2D eigenvalue weighted by atomic mass is 16.5. The van der Waals surface area contributed by atoms with Crippen molar-refractivity contribution in [3.05, 3.63) is 60.0 Å². The fraction of sp³-hybridized carbons (Fsp3) is 0.211. The Labute approximate surface area is 147 Å². The van der Waals surface area contributed by atoms with Gasteiger partial charge >= 0.3 is 0 Å². The molecule has 128 valence electrons. The lowest BCUT2D eigenvalue weighted by molar-refractivity contribution is 0.464. The molecule has 0 bridgehead atoms. The lowest BCUT2D eigenvalue weighted by atomic mass is 10.0. The van der Waals surface area contributed by atoms with E-state index < -0.39 is 0 Å². The maximum absolute atomic E-state index is 6.15. The van der Waals surface area contributed by atoms with Crippen LogP contribution < -0.4 is 15.8 Å². The third-order valence-electron chi connectivity index (χ3n) is 3.77. The van der Waals surface area contributed by atoms with Crippen LogP contribution in [0.3, 0.4) is 0 Å². The number of nitrogen functional groups attached to an aromatic ring is 1. The first-order chi connectivity index (χ1) is 12.0. The molecule has 0 saturated heterocycles. The van der Waals surface area contributed by atoms with Crippen LogP contribution in [0.2, 0.25) is 0 Å². The minimum atomic E-state index is 0.307. The van der Waals surface area contributed by atoms with E-state index in [-0.39, 0.29) is 0 Å². The summed E-state index contributed by atoms with van der Waals surface area (Å²) in [7, 11) is 0. The Hall–Kier alpha value is -3.15. The van der Waals surface area contributed by atoms with Gasteiger partial charge in [0.1, 0.15) is 23.6 Å². The average molecular weight is 335 g/mol. The van der Waals surface area contributed by atoms with Crippen LogP contribution in [-0.2, 0) is 0 Å². The highest BCUT2D eigenvalue weighted by Gasteiger charge is 2.11. The van der Waals surface area contributed by atoms with E-state index >= 15 is 0 Å². The molecule has 2 heterocycles. The molecule has 0 aliphatic heterocycles. The highest BCUT2D eigenvalue weighted by Crippen LogP contribution is 2.31. The molecule has 0 amide bonds. The van der Waals surface area contributed by atoms with Crippen molar-refractivity contribution in [1.82, 2.24) is 15.0 Å². The number of pyridine rings is 1. The molecule has 6 heteroatoms. The zero-order valence-corrected chi connectivity index (χ0v) is 14.5. The second-order valence-corrected chi connectivity index (χ2v) is 6.11. The van der Waals surface area contributed by atoms with Crippen molar-refractivity contribution in [3.8, 4) is 11.6 Å². The zero-order valence-electron chi connectivity index (χ0n) is 14.5. The second-order valence-electron chi connectivity index (χ2n) is 6.11. The van der Waals surface area contributed by atoms with Crippen LogP contribution in [0.4, 0.5) is 17.3 Å². The lowest BCUT2D eigenvalue weighted by Gasteiger charge is -2.12. The number of aryl methyl sites for hydroxylation is 1. The van der Waals surface area contributed by atoms with Gasteiger partial charge in [-0.25, -0.2) is 9.97 Å². The largest absolute Gasteiger partial charge is 0.437 e. The molecule has 25 heavy (non-hydrogen) atoms. The van der Waals surface area contributed by atoms with E-state index in [0.29, 0.717) is 34.9 Å². The van der Waals surface area contributed by atoms with Crippen molar-refractivity contribution in [1.29, 1.82) is 0 Å². The van der Waals surface area contributed by atoms with Gasteiger partial charge in [0.2, 0.25) is 5.88 Å². The van der Waals surface area contributed by atoms with Gasteiger partial charge in [-0.3, -0.25) is 0 Å². The lowest BCUT2D eigenvalue weighted by Crippen LogP contribution is -2.04. The van der Waals surface area contributed by atoms with Crippen molar-refractivity contribution in [2.24, 2.45) is 0 Å². The van der Waals surface area contributed by atoms with Crippen molar-refractivity contribution < 1.29 is 4.74 Å². The minimum absolute atomic E-state index is 0.307. The molecule has 0 radical (unpaired) electrons. The predicted molar refractivity (Wildman–Crippen MR) is 99.3 cm³/mol. The Morgan fingerprint density at radius 1 is 1.00 bits per heavy atom. The molecule has 1 aromatic carbocycles. The van der Waals surface area contributed by atoms with E-state index in [1.165, 1.54) is 11.9 Å². The summed E-state index contributed by atoms with van der Waals surface area (Å²) < 4.78 is 5.80. The predicted octanol–water partition coefficient (Wildman–Crippen LogP) is 4.42. The van der Waals surface area contributed by atoms with Crippen molar-refractivity contribution in [2.75, 3.05) is 11.1 Å². The molecule has 6 nitrogen and oxygen atoms in total. The zero-order chi connectivity index (χ0) is 17.8. The fourth-order valence-electron chi connectivity index (χ4n) is 2.26. The van der Waals surface area contributed by atoms with Gasteiger partial charge in [0.15, 0.2) is 5.82 Å². The number of rotatable bonds is 5. The van der Waals surface area contributed by atoms with Crippen LogP contribution in [-0.4, -0.2) is 15.0 Å². The third kappa shape index (κ3) is 4.03. The Balaban J connectivity index is 1.79. The van der Waals surface area contributed by atoms with Crippen LogP contribution in [0.1, 0.15) is 30.9 Å². The van der Waals surface area contributed by atoms with Crippen LogP contribution in [0.15, 0.2) is 48.9 Å². The molecule has 3 N–H and O–H groups in total. The first-order valence-electron chi connectivity index (χ1n) is 8.11. The molecule has 0 fully saturated rings. The minimum Gasteiger partial charge on any atom is -0.437 e. The van der Waals surface area contributed by atoms with Gasteiger partial charge < -0.3 is 15.8 Å². The van der Waals surface area contributed by atoms with Crippen molar-refractivity contribution >= 4 is 17.3 Å². The number of anilines is 3. The number of hydrogen-bond donors (Lipinski definition) is 2.